The molecule has 0 atom stereocenters. The second-order valence-electron chi connectivity index (χ2n) is 5.78. The van der Waals surface area contributed by atoms with Crippen LogP contribution in [0.2, 0.25) is 0 Å². The van der Waals surface area contributed by atoms with Crippen LogP contribution in [0.5, 0.6) is 11.5 Å². The zero-order valence-corrected chi connectivity index (χ0v) is 15.9. The second kappa shape index (κ2) is 7.55. The van der Waals surface area contributed by atoms with E-state index >= 15 is 0 Å². The van der Waals surface area contributed by atoms with E-state index in [4.69, 9.17) is 9.47 Å². The predicted molar refractivity (Wildman–Crippen MR) is 106 cm³/mol. The lowest BCUT2D eigenvalue weighted by molar-refractivity contribution is -0.115. The normalized spacial score (nSPS) is 13.0. The van der Waals surface area contributed by atoms with Gasteiger partial charge in [0.05, 0.1) is 16.6 Å². The molecule has 4 rings (SSSR count). The minimum absolute atomic E-state index is 0.0720. The van der Waals surface area contributed by atoms with Crippen LogP contribution >= 0.6 is 23.1 Å². The van der Waals surface area contributed by atoms with Gasteiger partial charge in [-0.15, -0.1) is 11.8 Å². The second-order valence-corrected chi connectivity index (χ2v) is 8.15. The lowest BCUT2D eigenvalue weighted by Crippen LogP contribution is -2.15. The van der Waals surface area contributed by atoms with Crippen molar-refractivity contribution < 1.29 is 14.3 Å². The van der Waals surface area contributed by atoms with Crippen LogP contribution in [0.1, 0.15) is 12.5 Å². The lowest BCUT2D eigenvalue weighted by Gasteiger charge is -2.17. The molecule has 134 valence electrons. The highest BCUT2D eigenvalue weighted by atomic mass is 32.2. The first-order valence-corrected chi connectivity index (χ1v) is 10.2. The van der Waals surface area contributed by atoms with E-state index in [1.165, 1.54) is 16.2 Å². The Balaban J connectivity index is 1.45. The summed E-state index contributed by atoms with van der Waals surface area (Å²) in [6.07, 6.45) is 0.329. The number of hydrogen-bond acceptors (Lipinski definition) is 6. The molecule has 1 aliphatic rings. The van der Waals surface area contributed by atoms with Crippen molar-refractivity contribution in [2.24, 2.45) is 0 Å². The first kappa shape index (κ1) is 17.2. The van der Waals surface area contributed by atoms with Crippen LogP contribution in [0.15, 0.2) is 41.3 Å². The number of thioether (sulfide) groups is 1. The number of carbonyl (C=O) groups excluding carboxylic acids is 1. The van der Waals surface area contributed by atoms with Gasteiger partial charge in [-0.2, -0.15) is 0 Å². The van der Waals surface area contributed by atoms with Crippen molar-refractivity contribution in [3.63, 3.8) is 0 Å². The van der Waals surface area contributed by atoms with Gasteiger partial charge in [-0.25, -0.2) is 4.98 Å². The van der Waals surface area contributed by atoms with Crippen molar-refractivity contribution in [3.8, 4) is 11.5 Å². The van der Waals surface area contributed by atoms with Gasteiger partial charge in [0.15, 0.2) is 16.6 Å². The van der Waals surface area contributed by atoms with Crippen LogP contribution in [-0.2, 0) is 11.2 Å². The molecule has 1 amide bonds. The van der Waals surface area contributed by atoms with Crippen molar-refractivity contribution in [1.82, 2.24) is 4.98 Å². The molecular formula is C19H18N2O3S2. The SMILES string of the molecule is CCSc1ccc(CC(=O)Nc2nc3cc4c(cc3s2)OCCO4)cc1. The number of benzene rings is 2. The number of carbonyl (C=O) groups is 1. The lowest BCUT2D eigenvalue weighted by atomic mass is 10.1. The molecule has 0 fully saturated rings. The van der Waals surface area contributed by atoms with Gasteiger partial charge in [-0.3, -0.25) is 4.79 Å². The number of nitrogens with zero attached hydrogens (tertiary/aromatic N) is 1. The number of ether oxygens (including phenoxy) is 2. The molecule has 0 aliphatic carbocycles. The highest BCUT2D eigenvalue weighted by Crippen LogP contribution is 2.37. The Morgan fingerprint density at radius 1 is 1.19 bits per heavy atom. The van der Waals surface area contributed by atoms with E-state index in [2.05, 4.69) is 29.4 Å². The third kappa shape index (κ3) is 3.78. The first-order chi connectivity index (χ1) is 12.7. The van der Waals surface area contributed by atoms with Crippen LogP contribution in [0.4, 0.5) is 5.13 Å². The van der Waals surface area contributed by atoms with E-state index in [9.17, 15) is 4.79 Å². The van der Waals surface area contributed by atoms with E-state index in [0.717, 1.165) is 27.3 Å². The van der Waals surface area contributed by atoms with Gasteiger partial charge in [-0.1, -0.05) is 30.4 Å². The average Bonchev–Trinajstić information content (AvgIpc) is 3.02. The van der Waals surface area contributed by atoms with Gasteiger partial charge in [0.25, 0.3) is 0 Å². The summed E-state index contributed by atoms with van der Waals surface area (Å²) >= 11 is 3.22. The molecule has 0 bridgehead atoms. The highest BCUT2D eigenvalue weighted by Gasteiger charge is 2.16. The van der Waals surface area contributed by atoms with Crippen LogP contribution in [-0.4, -0.2) is 29.9 Å². The summed E-state index contributed by atoms with van der Waals surface area (Å²) in [6, 6.07) is 11.9. The maximum absolute atomic E-state index is 12.3. The monoisotopic (exact) mass is 386 g/mol. The fourth-order valence-electron chi connectivity index (χ4n) is 2.74. The van der Waals surface area contributed by atoms with Gasteiger partial charge in [-0.05, 0) is 23.4 Å². The van der Waals surface area contributed by atoms with E-state index in [-0.39, 0.29) is 5.91 Å². The third-order valence-corrected chi connectivity index (χ3v) is 5.73. The smallest absolute Gasteiger partial charge is 0.230 e. The minimum Gasteiger partial charge on any atom is -0.486 e. The van der Waals surface area contributed by atoms with Crippen LogP contribution in [0, 0.1) is 0 Å². The van der Waals surface area contributed by atoms with Gasteiger partial charge in [0, 0.05) is 17.0 Å². The molecule has 0 radical (unpaired) electrons. The Kier molecular flexibility index (Phi) is 4.99. The minimum atomic E-state index is -0.0720. The zero-order valence-electron chi connectivity index (χ0n) is 14.3. The largest absolute Gasteiger partial charge is 0.486 e. The number of anilines is 1. The number of aromatic nitrogens is 1. The predicted octanol–water partition coefficient (Wildman–Crippen LogP) is 4.36. The third-order valence-electron chi connectivity index (χ3n) is 3.90. The summed E-state index contributed by atoms with van der Waals surface area (Å²) in [7, 11) is 0. The molecule has 26 heavy (non-hydrogen) atoms. The summed E-state index contributed by atoms with van der Waals surface area (Å²) in [4.78, 5) is 18.0. The number of thiazole rings is 1. The number of rotatable bonds is 5. The van der Waals surface area contributed by atoms with Crippen molar-refractivity contribution in [3.05, 3.63) is 42.0 Å². The van der Waals surface area contributed by atoms with Gasteiger partial charge >= 0.3 is 0 Å². The molecule has 2 aromatic carbocycles. The van der Waals surface area contributed by atoms with E-state index < -0.39 is 0 Å². The number of nitrogens with one attached hydrogen (secondary N) is 1. The molecule has 1 aliphatic heterocycles. The molecule has 0 saturated carbocycles. The van der Waals surface area contributed by atoms with Crippen LogP contribution < -0.4 is 14.8 Å². The molecule has 0 unspecified atom stereocenters. The molecule has 1 N–H and O–H groups in total. The summed E-state index contributed by atoms with van der Waals surface area (Å²) in [5.74, 6) is 2.40. The van der Waals surface area contributed by atoms with Crippen LogP contribution in [0.25, 0.3) is 10.2 Å². The zero-order chi connectivity index (χ0) is 17.9. The topological polar surface area (TPSA) is 60.5 Å². The van der Waals surface area contributed by atoms with Crippen molar-refractivity contribution >= 4 is 44.4 Å². The molecule has 2 heterocycles. The summed E-state index contributed by atoms with van der Waals surface area (Å²) in [6.45, 7) is 3.22. The van der Waals surface area contributed by atoms with E-state index in [1.54, 1.807) is 11.8 Å². The fraction of sp³-hybridized carbons (Fsp3) is 0.263. The Morgan fingerprint density at radius 3 is 2.65 bits per heavy atom. The molecule has 1 aromatic heterocycles. The van der Waals surface area contributed by atoms with Crippen LogP contribution in [0.3, 0.4) is 0 Å². The van der Waals surface area contributed by atoms with Gasteiger partial charge < -0.3 is 14.8 Å². The van der Waals surface area contributed by atoms with Crippen molar-refractivity contribution in [2.75, 3.05) is 24.3 Å². The van der Waals surface area contributed by atoms with Crippen molar-refractivity contribution in [1.29, 1.82) is 0 Å². The maximum Gasteiger partial charge on any atom is 0.230 e. The van der Waals surface area contributed by atoms with E-state index in [0.29, 0.717) is 30.5 Å². The molecule has 5 nitrogen and oxygen atoms in total. The average molecular weight is 386 g/mol. The Morgan fingerprint density at radius 2 is 1.92 bits per heavy atom. The van der Waals surface area contributed by atoms with Gasteiger partial charge in [0.1, 0.15) is 13.2 Å². The summed E-state index contributed by atoms with van der Waals surface area (Å²) in [5, 5.41) is 3.48. The first-order valence-electron chi connectivity index (χ1n) is 8.43. The highest BCUT2D eigenvalue weighted by molar-refractivity contribution is 7.99. The molecule has 0 saturated heterocycles. The Labute approximate surface area is 159 Å². The Hall–Kier alpha value is -2.25. The molecule has 0 spiro atoms. The fourth-order valence-corrected chi connectivity index (χ4v) is 4.29. The number of amides is 1. The summed E-state index contributed by atoms with van der Waals surface area (Å²) in [5.41, 5.74) is 1.79. The molecular weight excluding hydrogens is 368 g/mol. The standard InChI is InChI=1S/C19H18N2O3S2/c1-2-25-13-5-3-12(4-6-13)9-18(22)21-19-20-14-10-15-16(11-17(14)26-19)24-8-7-23-15/h3-6,10-11H,2,7-9H2,1H3,(H,20,21,22). The Bertz CT molecular complexity index is 895. The van der Waals surface area contributed by atoms with E-state index in [1.807, 2.05) is 24.3 Å². The quantitative estimate of drug-likeness (QED) is 0.660. The maximum atomic E-state index is 12.3. The number of hydrogen-bond donors (Lipinski definition) is 1. The molecule has 7 heteroatoms. The number of fused-ring (bicyclic) bond motifs is 2. The molecule has 3 aromatic rings. The van der Waals surface area contributed by atoms with Gasteiger partial charge in [0.2, 0.25) is 5.91 Å². The summed E-state index contributed by atoms with van der Waals surface area (Å²) < 4.78 is 12.1. The van der Waals surface area contributed by atoms with Crippen molar-refractivity contribution in [2.45, 2.75) is 18.2 Å².